The van der Waals surface area contributed by atoms with E-state index in [1.807, 2.05) is 0 Å². The Labute approximate surface area is 189 Å². The molecule has 7 nitrogen and oxygen atoms in total. The van der Waals surface area contributed by atoms with Gasteiger partial charge in [-0.1, -0.05) is 29.8 Å². The second kappa shape index (κ2) is 8.92. The van der Waals surface area contributed by atoms with Crippen LogP contribution in [0.3, 0.4) is 0 Å². The van der Waals surface area contributed by atoms with Gasteiger partial charge in [0.2, 0.25) is 5.91 Å². The van der Waals surface area contributed by atoms with Crippen LogP contribution in [-0.2, 0) is 4.79 Å². The Morgan fingerprint density at radius 3 is 2.53 bits per heavy atom. The largest absolute Gasteiger partial charge is 0.456 e. The van der Waals surface area contributed by atoms with Crippen molar-refractivity contribution in [2.24, 2.45) is 0 Å². The van der Waals surface area contributed by atoms with E-state index in [4.69, 9.17) is 16.3 Å². The molecule has 1 heterocycles. The summed E-state index contributed by atoms with van der Waals surface area (Å²) in [5, 5.41) is 5.94. The molecule has 9 heteroatoms. The minimum absolute atomic E-state index is 0.264. The average molecular weight is 455 g/mol. The second-order valence-electron chi connectivity index (χ2n) is 7.57. The van der Waals surface area contributed by atoms with Crippen LogP contribution in [0, 0.1) is 5.82 Å². The topological polar surface area (TPSA) is 93.2 Å². The molecule has 1 aromatic heterocycles. The van der Waals surface area contributed by atoms with Crippen LogP contribution >= 0.6 is 11.6 Å². The molecule has 1 aliphatic rings. The van der Waals surface area contributed by atoms with Crippen LogP contribution in [0.25, 0.3) is 0 Å². The molecule has 2 aromatic carbocycles. The highest BCUT2D eigenvalue weighted by Gasteiger charge is 2.51. The van der Waals surface area contributed by atoms with Crippen molar-refractivity contribution >= 4 is 23.4 Å². The van der Waals surface area contributed by atoms with Crippen molar-refractivity contribution in [3.63, 3.8) is 0 Å². The van der Waals surface area contributed by atoms with Gasteiger partial charge in [-0.25, -0.2) is 14.4 Å². The normalized spacial score (nSPS) is 14.8. The van der Waals surface area contributed by atoms with Crippen LogP contribution in [-0.4, -0.2) is 27.3 Å². The number of hydrogen-bond donors (Lipinski definition) is 2. The van der Waals surface area contributed by atoms with Crippen molar-refractivity contribution in [1.29, 1.82) is 0 Å². The van der Waals surface area contributed by atoms with Gasteiger partial charge in [0.1, 0.15) is 29.2 Å². The Morgan fingerprint density at radius 1 is 1.16 bits per heavy atom. The summed E-state index contributed by atoms with van der Waals surface area (Å²) < 4.78 is 20.4. The van der Waals surface area contributed by atoms with Crippen molar-refractivity contribution in [3.05, 3.63) is 83.2 Å². The van der Waals surface area contributed by atoms with Gasteiger partial charge in [-0.2, -0.15) is 0 Å². The summed E-state index contributed by atoms with van der Waals surface area (Å²) in [7, 11) is 0. The van der Waals surface area contributed by atoms with Crippen LogP contribution in [0.5, 0.6) is 11.5 Å². The third-order valence-electron chi connectivity index (χ3n) is 5.21. The molecule has 1 fully saturated rings. The van der Waals surface area contributed by atoms with Crippen molar-refractivity contribution in [1.82, 2.24) is 20.6 Å². The van der Waals surface area contributed by atoms with E-state index in [0.717, 1.165) is 0 Å². The number of carbonyl (C=O) groups excluding carboxylic acids is 2. The molecule has 0 radical (unpaired) electrons. The first-order valence-corrected chi connectivity index (χ1v) is 10.4. The lowest BCUT2D eigenvalue weighted by Crippen LogP contribution is -2.49. The summed E-state index contributed by atoms with van der Waals surface area (Å²) in [5.41, 5.74) is -0.451. The zero-order valence-corrected chi connectivity index (χ0v) is 17.9. The summed E-state index contributed by atoms with van der Waals surface area (Å²) in [5.74, 6) is -0.631. The first-order chi connectivity index (χ1) is 15.4. The van der Waals surface area contributed by atoms with E-state index in [1.165, 1.54) is 24.8 Å². The number of halogens is 2. The van der Waals surface area contributed by atoms with Gasteiger partial charge in [-0.3, -0.25) is 9.59 Å². The summed E-state index contributed by atoms with van der Waals surface area (Å²) in [6.45, 7) is 1.67. The molecule has 2 amide bonds. The summed E-state index contributed by atoms with van der Waals surface area (Å²) in [6, 6.07) is 10.7. The van der Waals surface area contributed by atoms with Crippen LogP contribution in [0.4, 0.5) is 4.39 Å². The van der Waals surface area contributed by atoms with Gasteiger partial charge in [-0.05, 0) is 38.0 Å². The summed E-state index contributed by atoms with van der Waals surface area (Å²) in [6.07, 6.45) is 5.06. The van der Waals surface area contributed by atoms with Gasteiger partial charge < -0.3 is 15.4 Å². The standard InChI is InChI=1S/C23H20ClFN4O3/c1-14(17-7-6-16(10-19(17)25)32-20-5-3-2-4-18(20)24)28-22(31)23(8-9-23)29-21(30)15-11-26-13-27-12-15/h2-7,10-14H,8-9H2,1H3,(H,28,31)(H,29,30). The van der Waals surface area contributed by atoms with Crippen LogP contribution in [0.1, 0.15) is 41.7 Å². The van der Waals surface area contributed by atoms with Crippen molar-refractivity contribution < 1.29 is 18.7 Å². The van der Waals surface area contributed by atoms with Crippen molar-refractivity contribution in [2.45, 2.75) is 31.3 Å². The fourth-order valence-corrected chi connectivity index (χ4v) is 3.40. The zero-order valence-electron chi connectivity index (χ0n) is 17.1. The molecule has 1 atom stereocenters. The van der Waals surface area contributed by atoms with Gasteiger partial charge in [0, 0.05) is 24.0 Å². The molecule has 4 rings (SSSR count). The molecule has 0 saturated heterocycles. The highest BCUT2D eigenvalue weighted by molar-refractivity contribution is 6.32. The minimum Gasteiger partial charge on any atom is -0.456 e. The molecule has 1 unspecified atom stereocenters. The average Bonchev–Trinajstić information content (AvgIpc) is 3.56. The summed E-state index contributed by atoms with van der Waals surface area (Å²) >= 11 is 6.07. The number of carbonyl (C=O) groups is 2. The highest BCUT2D eigenvalue weighted by atomic mass is 35.5. The number of rotatable bonds is 7. The number of para-hydroxylation sites is 1. The van der Waals surface area contributed by atoms with E-state index in [-0.39, 0.29) is 17.2 Å². The number of benzene rings is 2. The lowest BCUT2D eigenvalue weighted by molar-refractivity contribution is -0.124. The minimum atomic E-state index is -1.01. The molecule has 0 aliphatic heterocycles. The smallest absolute Gasteiger partial charge is 0.255 e. The molecule has 164 valence electrons. The maximum Gasteiger partial charge on any atom is 0.255 e. The number of nitrogens with one attached hydrogen (secondary N) is 2. The number of aromatic nitrogens is 2. The third-order valence-corrected chi connectivity index (χ3v) is 5.52. The Balaban J connectivity index is 1.41. The maximum atomic E-state index is 14.7. The molecule has 2 N–H and O–H groups in total. The SMILES string of the molecule is CC(NC(=O)C1(NC(=O)c2cncnc2)CC1)c1ccc(Oc2ccccc2Cl)cc1F. The Kier molecular flexibility index (Phi) is 6.05. The van der Waals surface area contributed by atoms with Crippen molar-refractivity contribution in [2.75, 3.05) is 0 Å². The van der Waals surface area contributed by atoms with Crippen LogP contribution < -0.4 is 15.4 Å². The third kappa shape index (κ3) is 4.70. The predicted octanol–water partition coefficient (Wildman–Crippen LogP) is 4.20. The zero-order chi connectivity index (χ0) is 22.7. The van der Waals surface area contributed by atoms with Crippen LogP contribution in [0.2, 0.25) is 5.02 Å². The molecule has 0 spiro atoms. The molecular formula is C23H20ClFN4O3. The van der Waals surface area contributed by atoms with E-state index in [1.54, 1.807) is 43.3 Å². The van der Waals surface area contributed by atoms with Gasteiger partial charge in [-0.15, -0.1) is 0 Å². The van der Waals surface area contributed by atoms with Gasteiger partial charge in [0.05, 0.1) is 16.6 Å². The lowest BCUT2D eigenvalue weighted by atomic mass is 10.1. The fraction of sp³-hybridized carbons (Fsp3) is 0.217. The Hall–Kier alpha value is -3.52. The van der Waals surface area contributed by atoms with E-state index < -0.39 is 23.3 Å². The molecule has 1 aliphatic carbocycles. The first-order valence-electron chi connectivity index (χ1n) is 9.98. The second-order valence-corrected chi connectivity index (χ2v) is 7.98. The lowest BCUT2D eigenvalue weighted by Gasteiger charge is -2.21. The van der Waals surface area contributed by atoms with E-state index in [0.29, 0.717) is 29.2 Å². The Morgan fingerprint density at radius 2 is 1.88 bits per heavy atom. The van der Waals surface area contributed by atoms with Gasteiger partial charge in [0.25, 0.3) is 5.91 Å². The highest BCUT2D eigenvalue weighted by Crippen LogP contribution is 2.37. The first kappa shape index (κ1) is 21.7. The van der Waals surface area contributed by atoms with Crippen LogP contribution in [0.15, 0.2) is 61.2 Å². The molecule has 3 aromatic rings. The molecule has 0 bridgehead atoms. The van der Waals surface area contributed by atoms with E-state index in [2.05, 4.69) is 20.6 Å². The number of hydrogen-bond acceptors (Lipinski definition) is 5. The van der Waals surface area contributed by atoms with Gasteiger partial charge in [0.15, 0.2) is 0 Å². The van der Waals surface area contributed by atoms with Gasteiger partial charge >= 0.3 is 0 Å². The van der Waals surface area contributed by atoms with E-state index >= 15 is 0 Å². The van der Waals surface area contributed by atoms with Crippen molar-refractivity contribution in [3.8, 4) is 11.5 Å². The number of ether oxygens (including phenoxy) is 1. The Bertz CT molecular complexity index is 1150. The quantitative estimate of drug-likeness (QED) is 0.558. The predicted molar refractivity (Wildman–Crippen MR) is 116 cm³/mol. The molecule has 32 heavy (non-hydrogen) atoms. The molecule has 1 saturated carbocycles. The fourth-order valence-electron chi connectivity index (χ4n) is 3.23. The monoisotopic (exact) mass is 454 g/mol. The molecular weight excluding hydrogens is 435 g/mol. The number of amides is 2. The maximum absolute atomic E-state index is 14.7. The van der Waals surface area contributed by atoms with E-state index in [9.17, 15) is 14.0 Å². The summed E-state index contributed by atoms with van der Waals surface area (Å²) in [4.78, 5) is 32.8. The number of nitrogens with zero attached hydrogens (tertiary/aromatic N) is 2.